The monoisotopic (exact) mass is 589 g/mol. The first-order valence-corrected chi connectivity index (χ1v) is 13.7. The first kappa shape index (κ1) is 27.8. The van der Waals surface area contributed by atoms with Crippen molar-refractivity contribution < 1.29 is 39.7 Å². The number of benzene rings is 3. The minimum Gasteiger partial charge on any atom is -0.464 e. The number of anilines is 1. The summed E-state index contributed by atoms with van der Waals surface area (Å²) in [6, 6.07) is 14.5. The van der Waals surface area contributed by atoms with Crippen LogP contribution in [-0.4, -0.2) is 31.4 Å². The first-order chi connectivity index (χ1) is 19.4. The van der Waals surface area contributed by atoms with Crippen molar-refractivity contribution in [1.29, 1.82) is 0 Å². The summed E-state index contributed by atoms with van der Waals surface area (Å²) in [5.41, 5.74) is -0.756. The van der Waals surface area contributed by atoms with Crippen LogP contribution >= 0.6 is 0 Å². The molecule has 5 rings (SSSR count). The Labute approximate surface area is 229 Å². The number of fused-ring (bicyclic) bond motifs is 1. The molecule has 0 atom stereocenters. The molecule has 2 aromatic heterocycles. The van der Waals surface area contributed by atoms with Crippen LogP contribution in [0, 0.1) is 5.82 Å². The molecular weight excluding hydrogens is 570 g/mol. The Morgan fingerprint density at radius 1 is 1.02 bits per heavy atom. The van der Waals surface area contributed by atoms with E-state index < -0.39 is 27.6 Å². The highest BCUT2D eigenvalue weighted by Crippen LogP contribution is 2.33. The lowest BCUT2D eigenvalue weighted by Gasteiger charge is -2.11. The smallest absolute Gasteiger partial charge is 0.416 e. The van der Waals surface area contributed by atoms with Gasteiger partial charge in [-0.15, -0.1) is 0 Å². The average molecular weight is 590 g/mol. The number of para-hydroxylation sites is 1. The fraction of sp³-hybridized carbons (Fsp3) is 0.148. The van der Waals surface area contributed by atoms with Crippen molar-refractivity contribution in [2.24, 2.45) is 0 Å². The second kappa shape index (κ2) is 10.7. The molecule has 41 heavy (non-hydrogen) atoms. The van der Waals surface area contributed by atoms with Gasteiger partial charge in [-0.3, -0.25) is 9.52 Å². The number of rotatable bonds is 8. The molecule has 14 heteroatoms. The second-order valence-corrected chi connectivity index (χ2v) is 10.6. The minimum atomic E-state index is -4.70. The lowest BCUT2D eigenvalue weighted by atomic mass is 10.0. The largest absolute Gasteiger partial charge is 0.464 e. The van der Waals surface area contributed by atoms with E-state index >= 15 is 0 Å². The lowest BCUT2D eigenvalue weighted by Crippen LogP contribution is -2.11. The molecule has 0 bridgehead atoms. The van der Waals surface area contributed by atoms with Crippen molar-refractivity contribution in [3.05, 3.63) is 94.2 Å². The van der Waals surface area contributed by atoms with Crippen molar-refractivity contribution in [3.8, 4) is 28.5 Å². The van der Waals surface area contributed by atoms with Gasteiger partial charge in [-0.2, -0.15) is 18.2 Å². The van der Waals surface area contributed by atoms with E-state index in [1.54, 1.807) is 24.3 Å². The summed E-state index contributed by atoms with van der Waals surface area (Å²) in [6.45, 7) is -0.126. The third-order valence-corrected chi connectivity index (χ3v) is 6.40. The molecule has 1 N–H and O–H groups in total. The average Bonchev–Trinajstić information content (AvgIpc) is 3.37. The third kappa shape index (κ3) is 6.22. The number of aromatic nitrogens is 2. The van der Waals surface area contributed by atoms with Crippen LogP contribution in [-0.2, 0) is 22.6 Å². The van der Waals surface area contributed by atoms with E-state index in [4.69, 9.17) is 13.7 Å². The highest BCUT2D eigenvalue weighted by Gasteiger charge is 2.31. The molecule has 0 aliphatic heterocycles. The lowest BCUT2D eigenvalue weighted by molar-refractivity contribution is -0.137. The summed E-state index contributed by atoms with van der Waals surface area (Å²) in [6.07, 6.45) is -3.70. The van der Waals surface area contributed by atoms with E-state index in [2.05, 4.69) is 14.9 Å². The normalized spacial score (nSPS) is 12.0. The Morgan fingerprint density at radius 3 is 2.44 bits per heavy atom. The van der Waals surface area contributed by atoms with Gasteiger partial charge in [0.05, 0.1) is 29.2 Å². The zero-order chi connectivity index (χ0) is 29.4. The summed E-state index contributed by atoms with van der Waals surface area (Å²) in [4.78, 5) is 17.4. The predicted octanol–water partition coefficient (Wildman–Crippen LogP) is 5.66. The van der Waals surface area contributed by atoms with Gasteiger partial charge in [0.15, 0.2) is 0 Å². The van der Waals surface area contributed by atoms with Gasteiger partial charge in [0.1, 0.15) is 23.6 Å². The maximum absolute atomic E-state index is 14.3. The topological polar surface area (TPSA) is 125 Å². The molecule has 5 aromatic rings. The molecule has 212 valence electrons. The van der Waals surface area contributed by atoms with Crippen LogP contribution in [0.1, 0.15) is 11.5 Å². The van der Waals surface area contributed by atoms with Crippen molar-refractivity contribution in [1.82, 2.24) is 10.1 Å². The highest BCUT2D eigenvalue weighted by atomic mass is 32.2. The highest BCUT2D eigenvalue weighted by molar-refractivity contribution is 7.92. The van der Waals surface area contributed by atoms with Crippen LogP contribution in [0.2, 0.25) is 0 Å². The molecule has 0 unspecified atom stereocenters. The maximum atomic E-state index is 14.3. The number of sulfonamides is 1. The molecule has 0 radical (unpaired) electrons. The number of ether oxygens (including phenoxy) is 1. The molecule has 3 aromatic carbocycles. The zero-order valence-corrected chi connectivity index (χ0v) is 21.8. The predicted molar refractivity (Wildman–Crippen MR) is 140 cm³/mol. The van der Waals surface area contributed by atoms with Gasteiger partial charge in [0.2, 0.25) is 27.2 Å². The summed E-state index contributed by atoms with van der Waals surface area (Å²) < 4.78 is 94.9. The van der Waals surface area contributed by atoms with Crippen LogP contribution < -0.4 is 14.9 Å². The van der Waals surface area contributed by atoms with Gasteiger partial charge in [-0.1, -0.05) is 29.4 Å². The van der Waals surface area contributed by atoms with E-state index in [1.807, 2.05) is 0 Å². The Bertz CT molecular complexity index is 1900. The Balaban J connectivity index is 1.38. The maximum Gasteiger partial charge on any atom is 0.416 e. The minimum absolute atomic E-state index is 0.000172. The van der Waals surface area contributed by atoms with E-state index in [1.165, 1.54) is 24.3 Å². The quantitative estimate of drug-likeness (QED) is 0.230. The van der Waals surface area contributed by atoms with Crippen molar-refractivity contribution in [2.45, 2.75) is 12.6 Å². The molecule has 0 saturated carbocycles. The van der Waals surface area contributed by atoms with Gasteiger partial charge < -0.3 is 13.7 Å². The standard InChI is InChI=1S/C27H19F4N3O6S/c1-41(36,37)34-17-9-6-15(7-10-17)23-24(35)19-4-2-3-5-21(19)39-26(23)38-13-12-22-32-25(33-40-22)18-11-8-16(14-20(18)28)27(29,30)31/h2-11,14,34H,12-13H2,1H3. The summed E-state index contributed by atoms with van der Waals surface area (Å²) in [5.74, 6) is -1.53. The first-order valence-electron chi connectivity index (χ1n) is 11.9. The van der Waals surface area contributed by atoms with Crippen LogP contribution in [0.4, 0.5) is 23.2 Å². The number of hydrogen-bond donors (Lipinski definition) is 1. The fourth-order valence-corrected chi connectivity index (χ4v) is 4.52. The Morgan fingerprint density at radius 2 is 1.76 bits per heavy atom. The van der Waals surface area contributed by atoms with Gasteiger partial charge in [-0.25, -0.2) is 12.8 Å². The van der Waals surface area contributed by atoms with E-state index in [9.17, 15) is 30.8 Å². The van der Waals surface area contributed by atoms with Gasteiger partial charge >= 0.3 is 6.18 Å². The summed E-state index contributed by atoms with van der Waals surface area (Å²) in [5, 5.41) is 3.93. The molecular formula is C27H19F4N3O6S. The van der Waals surface area contributed by atoms with Crippen LogP contribution in [0.25, 0.3) is 33.5 Å². The van der Waals surface area contributed by atoms with Crippen LogP contribution in [0.5, 0.6) is 5.95 Å². The van der Waals surface area contributed by atoms with E-state index in [-0.39, 0.29) is 52.8 Å². The van der Waals surface area contributed by atoms with Gasteiger partial charge in [-0.05, 0) is 48.0 Å². The fourth-order valence-electron chi connectivity index (χ4n) is 3.96. The van der Waals surface area contributed by atoms with Gasteiger partial charge in [0.25, 0.3) is 5.95 Å². The third-order valence-electron chi connectivity index (χ3n) is 5.80. The Kier molecular flexibility index (Phi) is 7.26. The number of hydrogen-bond acceptors (Lipinski definition) is 8. The molecule has 0 saturated heterocycles. The molecule has 2 heterocycles. The van der Waals surface area contributed by atoms with Gasteiger partial charge in [0, 0.05) is 5.69 Å². The molecule has 9 nitrogen and oxygen atoms in total. The number of halogens is 4. The Hall–Kier alpha value is -4.72. The molecule has 0 amide bonds. The zero-order valence-electron chi connectivity index (χ0n) is 21.0. The summed E-state index contributed by atoms with van der Waals surface area (Å²) in [7, 11) is -3.51. The molecule has 0 aliphatic rings. The van der Waals surface area contributed by atoms with Crippen molar-refractivity contribution >= 4 is 26.7 Å². The van der Waals surface area contributed by atoms with Crippen LogP contribution in [0.15, 0.2) is 80.5 Å². The van der Waals surface area contributed by atoms with E-state index in [0.717, 1.165) is 12.3 Å². The second-order valence-electron chi connectivity index (χ2n) is 8.84. The number of nitrogens with zero attached hydrogens (tertiary/aromatic N) is 2. The van der Waals surface area contributed by atoms with Crippen molar-refractivity contribution in [2.75, 3.05) is 17.6 Å². The number of nitrogens with one attached hydrogen (secondary N) is 1. The number of alkyl halides is 3. The SMILES string of the molecule is CS(=O)(=O)Nc1ccc(-c2c(OCCc3nc(-c4ccc(C(F)(F)F)cc4F)no3)oc3ccccc3c2=O)cc1. The molecule has 0 fully saturated rings. The van der Waals surface area contributed by atoms with E-state index in [0.29, 0.717) is 28.8 Å². The summed E-state index contributed by atoms with van der Waals surface area (Å²) >= 11 is 0. The van der Waals surface area contributed by atoms with Crippen LogP contribution in [0.3, 0.4) is 0 Å². The molecule has 0 aliphatic carbocycles. The molecule has 0 spiro atoms. The van der Waals surface area contributed by atoms with Crippen molar-refractivity contribution in [3.63, 3.8) is 0 Å².